The Morgan fingerprint density at radius 2 is 2.04 bits per heavy atom. The smallest absolute Gasteiger partial charge is 0.417 e. The van der Waals surface area contributed by atoms with Crippen molar-refractivity contribution < 1.29 is 31.2 Å². The highest BCUT2D eigenvalue weighted by atomic mass is 19.4. The lowest BCUT2D eigenvalue weighted by molar-refractivity contribution is -0.137. The first kappa shape index (κ1) is 17.4. The van der Waals surface area contributed by atoms with Crippen LogP contribution in [0.4, 0.5) is 22.0 Å². The normalized spacial score (nSPS) is 17.0. The van der Waals surface area contributed by atoms with Crippen LogP contribution in [-0.4, -0.2) is 49.4 Å². The number of carbonyl (C=O) groups is 1. The number of likely N-dealkylation sites (tertiary alicyclic amines) is 1. The van der Waals surface area contributed by atoms with Crippen LogP contribution in [0.2, 0.25) is 0 Å². The molecule has 7 nitrogen and oxygen atoms in total. The quantitative estimate of drug-likeness (QED) is 0.632. The minimum Gasteiger partial charge on any atom is -0.443 e. The van der Waals surface area contributed by atoms with E-state index in [-0.39, 0.29) is 23.5 Å². The zero-order chi connectivity index (χ0) is 19.4. The van der Waals surface area contributed by atoms with E-state index in [4.69, 9.17) is 4.42 Å². The number of alkyl halides is 5. The second kappa shape index (κ2) is 5.72. The first-order chi connectivity index (χ1) is 12.7. The van der Waals surface area contributed by atoms with E-state index in [1.807, 2.05) is 0 Å². The summed E-state index contributed by atoms with van der Waals surface area (Å²) in [5, 5.41) is 7.38. The fourth-order valence-corrected chi connectivity index (χ4v) is 2.88. The number of pyridine rings is 1. The minimum atomic E-state index is -4.73. The Morgan fingerprint density at radius 3 is 2.63 bits per heavy atom. The molecule has 1 fully saturated rings. The van der Waals surface area contributed by atoms with Crippen LogP contribution in [-0.2, 0) is 6.18 Å². The summed E-state index contributed by atoms with van der Waals surface area (Å²) in [6, 6.07) is 0.794. The van der Waals surface area contributed by atoms with Crippen molar-refractivity contribution in [2.45, 2.75) is 18.5 Å². The molecule has 1 aliphatic heterocycles. The van der Waals surface area contributed by atoms with Crippen LogP contribution in [0.25, 0.3) is 17.0 Å². The minimum absolute atomic E-state index is 0.00907. The summed E-state index contributed by atoms with van der Waals surface area (Å²) in [6.07, 6.45) is -2.38. The van der Waals surface area contributed by atoms with Gasteiger partial charge in [0.2, 0.25) is 5.82 Å². The number of hydrogen-bond donors (Lipinski definition) is 0. The molecule has 1 saturated heterocycles. The molecule has 0 aromatic carbocycles. The Balaban J connectivity index is 1.86. The van der Waals surface area contributed by atoms with E-state index < -0.39 is 42.4 Å². The van der Waals surface area contributed by atoms with Crippen molar-refractivity contribution in [2.75, 3.05) is 13.1 Å². The van der Waals surface area contributed by atoms with Crippen LogP contribution in [0.15, 0.2) is 29.3 Å². The summed E-state index contributed by atoms with van der Waals surface area (Å²) in [7, 11) is 0. The molecular weight excluding hydrogens is 377 g/mol. The molecule has 0 N–H and O–H groups in total. The van der Waals surface area contributed by atoms with Crippen LogP contribution < -0.4 is 0 Å². The van der Waals surface area contributed by atoms with Crippen LogP contribution in [0, 0.1) is 0 Å². The summed E-state index contributed by atoms with van der Waals surface area (Å²) in [5.41, 5.74) is -1.25. The molecular formula is C15H10F5N5O2. The number of rotatable bonds is 2. The second-order valence-corrected chi connectivity index (χ2v) is 6.06. The van der Waals surface area contributed by atoms with Crippen LogP contribution in [0.3, 0.4) is 0 Å². The lowest BCUT2D eigenvalue weighted by atomic mass is 10.1. The average Bonchev–Trinajstić information content (AvgIpc) is 3.31. The topological polar surface area (TPSA) is 76.5 Å². The summed E-state index contributed by atoms with van der Waals surface area (Å²) in [4.78, 5) is 17.0. The predicted octanol–water partition coefficient (Wildman–Crippen LogP) is 2.88. The average molecular weight is 387 g/mol. The predicted molar refractivity (Wildman–Crippen MR) is 79.0 cm³/mol. The molecule has 0 saturated carbocycles. The second-order valence-electron chi connectivity index (χ2n) is 6.06. The maximum Gasteiger partial charge on any atom is 0.417 e. The van der Waals surface area contributed by atoms with Crippen molar-refractivity contribution in [1.29, 1.82) is 0 Å². The highest BCUT2D eigenvalue weighted by molar-refractivity contribution is 5.92. The van der Waals surface area contributed by atoms with Crippen molar-refractivity contribution in [2.24, 2.45) is 0 Å². The number of aromatic nitrogens is 4. The van der Waals surface area contributed by atoms with Crippen LogP contribution >= 0.6 is 0 Å². The van der Waals surface area contributed by atoms with Crippen molar-refractivity contribution in [3.05, 3.63) is 36.2 Å². The number of oxazole rings is 1. The molecule has 0 bridgehead atoms. The Kier molecular flexibility index (Phi) is 3.68. The number of fused-ring (bicyclic) bond motifs is 1. The monoisotopic (exact) mass is 387 g/mol. The zero-order valence-electron chi connectivity index (χ0n) is 13.4. The van der Waals surface area contributed by atoms with E-state index in [1.54, 1.807) is 0 Å². The van der Waals surface area contributed by atoms with Crippen LogP contribution in [0.1, 0.15) is 22.6 Å². The van der Waals surface area contributed by atoms with Crippen molar-refractivity contribution in [3.63, 3.8) is 0 Å². The molecule has 0 unspecified atom stereocenters. The van der Waals surface area contributed by atoms with E-state index in [1.165, 1.54) is 6.20 Å². The van der Waals surface area contributed by atoms with Gasteiger partial charge in [0, 0.05) is 19.2 Å². The third-order valence-electron chi connectivity index (χ3n) is 4.18. The van der Waals surface area contributed by atoms with E-state index in [2.05, 4.69) is 15.2 Å². The Morgan fingerprint density at radius 1 is 1.26 bits per heavy atom. The molecule has 142 valence electrons. The lowest BCUT2D eigenvalue weighted by Crippen LogP contribution is -2.32. The SMILES string of the molecule is O=C(c1nnc2c(-c3cnco3)cc(C(F)(F)F)cn12)N1CCC(F)(F)C1. The van der Waals surface area contributed by atoms with Gasteiger partial charge in [-0.1, -0.05) is 0 Å². The van der Waals surface area contributed by atoms with Crippen LogP contribution in [0.5, 0.6) is 0 Å². The summed E-state index contributed by atoms with van der Waals surface area (Å²) < 4.78 is 72.5. The Bertz CT molecular complexity index is 1010. The third-order valence-corrected chi connectivity index (χ3v) is 4.18. The summed E-state index contributed by atoms with van der Waals surface area (Å²) in [6.45, 7) is -1.05. The highest BCUT2D eigenvalue weighted by Gasteiger charge is 2.42. The lowest BCUT2D eigenvalue weighted by Gasteiger charge is -2.15. The van der Waals surface area contributed by atoms with Gasteiger partial charge in [-0.2, -0.15) is 13.2 Å². The van der Waals surface area contributed by atoms with Gasteiger partial charge in [0.05, 0.1) is 23.9 Å². The number of halogens is 5. The van der Waals surface area contributed by atoms with Gasteiger partial charge in [-0.25, -0.2) is 13.8 Å². The number of carbonyl (C=O) groups excluding carboxylic acids is 1. The van der Waals surface area contributed by atoms with Crippen molar-refractivity contribution in [1.82, 2.24) is 24.5 Å². The van der Waals surface area contributed by atoms with Crippen molar-refractivity contribution >= 4 is 11.6 Å². The summed E-state index contributed by atoms with van der Waals surface area (Å²) in [5.74, 6) is -4.47. The number of hydrogen-bond acceptors (Lipinski definition) is 5. The summed E-state index contributed by atoms with van der Waals surface area (Å²) >= 11 is 0. The van der Waals surface area contributed by atoms with E-state index in [0.29, 0.717) is 6.20 Å². The van der Waals surface area contributed by atoms with E-state index in [0.717, 1.165) is 21.8 Å². The highest BCUT2D eigenvalue weighted by Crippen LogP contribution is 2.34. The molecule has 12 heteroatoms. The fourth-order valence-electron chi connectivity index (χ4n) is 2.88. The first-order valence-corrected chi connectivity index (χ1v) is 7.68. The molecule has 3 aromatic heterocycles. The first-order valence-electron chi connectivity index (χ1n) is 7.68. The maximum atomic E-state index is 13.4. The van der Waals surface area contributed by atoms with Gasteiger partial charge in [-0.05, 0) is 6.07 Å². The van der Waals surface area contributed by atoms with Gasteiger partial charge in [0.1, 0.15) is 0 Å². The van der Waals surface area contributed by atoms with Gasteiger partial charge in [-0.15, -0.1) is 10.2 Å². The molecule has 27 heavy (non-hydrogen) atoms. The Hall–Kier alpha value is -3.05. The zero-order valence-corrected chi connectivity index (χ0v) is 13.4. The van der Waals surface area contributed by atoms with Gasteiger partial charge < -0.3 is 9.32 Å². The van der Waals surface area contributed by atoms with Gasteiger partial charge >= 0.3 is 6.18 Å². The maximum absolute atomic E-state index is 13.4. The molecule has 0 aliphatic carbocycles. The molecule has 0 spiro atoms. The number of nitrogens with zero attached hydrogens (tertiary/aromatic N) is 5. The van der Waals surface area contributed by atoms with Gasteiger partial charge in [-0.3, -0.25) is 9.20 Å². The standard InChI is InChI=1S/C15H10F5N5O2/c16-14(17)1-2-24(6-14)13(26)12-23-22-11-9(10-4-21-7-27-10)3-8(5-25(11)12)15(18,19)20/h3-5,7H,1-2,6H2. The van der Waals surface area contributed by atoms with Gasteiger partial charge in [0.15, 0.2) is 17.8 Å². The molecule has 4 heterocycles. The molecule has 1 amide bonds. The molecule has 0 radical (unpaired) electrons. The molecule has 0 atom stereocenters. The largest absolute Gasteiger partial charge is 0.443 e. The van der Waals surface area contributed by atoms with Crippen molar-refractivity contribution in [3.8, 4) is 11.3 Å². The van der Waals surface area contributed by atoms with Gasteiger partial charge in [0.25, 0.3) is 11.8 Å². The molecule has 1 aliphatic rings. The van der Waals surface area contributed by atoms with E-state index >= 15 is 0 Å². The molecule has 4 rings (SSSR count). The number of amides is 1. The molecule has 3 aromatic rings. The third kappa shape index (κ3) is 3.00. The Labute approximate surface area is 147 Å². The fraction of sp³-hybridized carbons (Fsp3) is 0.333. The van der Waals surface area contributed by atoms with E-state index in [9.17, 15) is 26.7 Å².